The van der Waals surface area contributed by atoms with Gasteiger partial charge in [0.05, 0.1) is 16.9 Å². The number of para-hydroxylation sites is 1. The molecule has 0 saturated heterocycles. The fourth-order valence-electron chi connectivity index (χ4n) is 2.83. The topological polar surface area (TPSA) is 50.1 Å². The molecule has 3 rings (SSSR count). The molecule has 1 heterocycles. The third-order valence-corrected chi connectivity index (χ3v) is 4.19. The Kier molecular flexibility index (Phi) is 5.29. The first-order chi connectivity index (χ1) is 12.2. The highest BCUT2D eigenvalue weighted by Gasteiger charge is 2.18. The summed E-state index contributed by atoms with van der Waals surface area (Å²) in [6.07, 6.45) is 2.11. The van der Waals surface area contributed by atoms with Gasteiger partial charge in [-0.2, -0.15) is 0 Å². The molecule has 0 aliphatic heterocycles. The zero-order valence-corrected chi connectivity index (χ0v) is 14.7. The molecule has 25 heavy (non-hydrogen) atoms. The average Bonchev–Trinajstić information content (AvgIpc) is 3.00. The average molecular weight is 333 g/mol. The summed E-state index contributed by atoms with van der Waals surface area (Å²) in [5, 5.41) is 3.28. The SMILES string of the molecule is CCCCN=C(C)c1c(-c2ccccc2)[nH]n(-c2ccccc2)c1=O. The molecule has 0 aliphatic rings. The van der Waals surface area contributed by atoms with Crippen molar-refractivity contribution >= 4 is 5.71 Å². The van der Waals surface area contributed by atoms with Crippen molar-refractivity contribution in [1.29, 1.82) is 0 Å². The molecule has 0 spiro atoms. The van der Waals surface area contributed by atoms with Gasteiger partial charge >= 0.3 is 0 Å². The highest BCUT2D eigenvalue weighted by molar-refractivity contribution is 6.03. The number of aliphatic imine (C=N–C) groups is 1. The maximum absolute atomic E-state index is 13.1. The van der Waals surface area contributed by atoms with Crippen molar-refractivity contribution in [2.45, 2.75) is 26.7 Å². The zero-order chi connectivity index (χ0) is 17.6. The van der Waals surface area contributed by atoms with Crippen LogP contribution < -0.4 is 5.56 Å². The van der Waals surface area contributed by atoms with Gasteiger partial charge in [0, 0.05) is 17.8 Å². The number of rotatable bonds is 6. The summed E-state index contributed by atoms with van der Waals surface area (Å²) < 4.78 is 1.59. The standard InChI is InChI=1S/C21H23N3O/c1-3-4-15-22-16(2)19-20(17-11-7-5-8-12-17)23-24(21(19)25)18-13-9-6-10-14-18/h5-14,23H,3-4,15H2,1-2H3. The molecule has 1 aromatic heterocycles. The number of nitrogens with zero attached hydrogens (tertiary/aromatic N) is 2. The lowest BCUT2D eigenvalue weighted by Gasteiger charge is -2.03. The number of benzene rings is 2. The second-order valence-electron chi connectivity index (χ2n) is 6.02. The van der Waals surface area contributed by atoms with Gasteiger partial charge < -0.3 is 0 Å². The number of aromatic amines is 1. The molecule has 0 amide bonds. The molecule has 128 valence electrons. The number of nitrogens with one attached hydrogen (secondary N) is 1. The molecule has 3 aromatic rings. The first kappa shape index (κ1) is 17.0. The Morgan fingerprint density at radius 3 is 2.32 bits per heavy atom. The normalized spacial score (nSPS) is 11.7. The minimum atomic E-state index is -0.0669. The van der Waals surface area contributed by atoms with Crippen LogP contribution >= 0.6 is 0 Å². The van der Waals surface area contributed by atoms with Gasteiger partial charge in [0.2, 0.25) is 0 Å². The van der Waals surface area contributed by atoms with Crippen molar-refractivity contribution in [3.63, 3.8) is 0 Å². The Labute approximate surface area is 147 Å². The van der Waals surface area contributed by atoms with E-state index in [4.69, 9.17) is 0 Å². The van der Waals surface area contributed by atoms with Crippen LogP contribution in [0.5, 0.6) is 0 Å². The summed E-state index contributed by atoms with van der Waals surface area (Å²) in [7, 11) is 0. The van der Waals surface area contributed by atoms with E-state index in [1.165, 1.54) is 0 Å². The van der Waals surface area contributed by atoms with E-state index >= 15 is 0 Å². The van der Waals surface area contributed by atoms with Crippen LogP contribution in [0.15, 0.2) is 70.5 Å². The van der Waals surface area contributed by atoms with E-state index in [2.05, 4.69) is 17.0 Å². The largest absolute Gasteiger partial charge is 0.290 e. The van der Waals surface area contributed by atoms with Gasteiger partial charge in [-0.25, -0.2) is 4.68 Å². The molecule has 0 unspecified atom stereocenters. The molecular weight excluding hydrogens is 310 g/mol. The monoisotopic (exact) mass is 333 g/mol. The third-order valence-electron chi connectivity index (χ3n) is 4.19. The van der Waals surface area contributed by atoms with Crippen LogP contribution in [-0.4, -0.2) is 22.0 Å². The summed E-state index contributed by atoms with van der Waals surface area (Å²) in [6, 6.07) is 19.5. The van der Waals surface area contributed by atoms with Crippen LogP contribution in [0.1, 0.15) is 32.3 Å². The predicted octanol–water partition coefficient (Wildman–Crippen LogP) is 4.44. The highest BCUT2D eigenvalue weighted by atomic mass is 16.1. The molecule has 4 heteroatoms. The smallest absolute Gasteiger partial charge is 0.280 e. The van der Waals surface area contributed by atoms with Crippen molar-refractivity contribution in [3.8, 4) is 16.9 Å². The van der Waals surface area contributed by atoms with Crippen LogP contribution in [-0.2, 0) is 0 Å². The van der Waals surface area contributed by atoms with Crippen molar-refractivity contribution in [3.05, 3.63) is 76.6 Å². The summed E-state index contributed by atoms with van der Waals surface area (Å²) >= 11 is 0. The number of hydrogen-bond acceptors (Lipinski definition) is 2. The highest BCUT2D eigenvalue weighted by Crippen LogP contribution is 2.21. The third kappa shape index (κ3) is 3.63. The van der Waals surface area contributed by atoms with Gasteiger partial charge in [-0.15, -0.1) is 0 Å². The molecule has 0 saturated carbocycles. The van der Waals surface area contributed by atoms with E-state index in [1.54, 1.807) is 4.68 Å². The summed E-state index contributed by atoms with van der Waals surface area (Å²) in [4.78, 5) is 17.7. The van der Waals surface area contributed by atoms with Crippen molar-refractivity contribution < 1.29 is 0 Å². The Morgan fingerprint density at radius 1 is 1.04 bits per heavy atom. The zero-order valence-electron chi connectivity index (χ0n) is 14.7. The second kappa shape index (κ2) is 7.79. The summed E-state index contributed by atoms with van der Waals surface area (Å²) in [5.74, 6) is 0. The second-order valence-corrected chi connectivity index (χ2v) is 6.02. The predicted molar refractivity (Wildman–Crippen MR) is 104 cm³/mol. The van der Waals surface area contributed by atoms with Gasteiger partial charge in [0.1, 0.15) is 0 Å². The Bertz CT molecular complexity index is 905. The first-order valence-electron chi connectivity index (χ1n) is 8.69. The van der Waals surface area contributed by atoms with E-state index in [0.29, 0.717) is 5.56 Å². The van der Waals surface area contributed by atoms with Crippen molar-refractivity contribution in [2.24, 2.45) is 4.99 Å². The molecule has 0 aliphatic carbocycles. The quantitative estimate of drug-likeness (QED) is 0.526. The van der Waals surface area contributed by atoms with E-state index in [1.807, 2.05) is 67.6 Å². The number of H-pyrrole nitrogens is 1. The van der Waals surface area contributed by atoms with Crippen molar-refractivity contribution in [2.75, 3.05) is 6.54 Å². The molecule has 0 bridgehead atoms. The van der Waals surface area contributed by atoms with Gasteiger partial charge in [0.15, 0.2) is 0 Å². The molecule has 4 nitrogen and oxygen atoms in total. The maximum Gasteiger partial charge on any atom is 0.280 e. The number of hydrogen-bond donors (Lipinski definition) is 1. The van der Waals surface area contributed by atoms with E-state index in [-0.39, 0.29) is 5.56 Å². The lowest BCUT2D eigenvalue weighted by Crippen LogP contribution is -2.19. The molecule has 2 aromatic carbocycles. The molecule has 0 fully saturated rings. The van der Waals surface area contributed by atoms with Gasteiger partial charge in [-0.05, 0) is 25.5 Å². The van der Waals surface area contributed by atoms with Gasteiger partial charge in [-0.3, -0.25) is 14.9 Å². The Balaban J connectivity index is 2.16. The lowest BCUT2D eigenvalue weighted by molar-refractivity contribution is 0.807. The number of unbranched alkanes of at least 4 members (excludes halogenated alkanes) is 1. The number of aromatic nitrogens is 2. The molecule has 0 atom stereocenters. The van der Waals surface area contributed by atoms with Crippen LogP contribution in [0.4, 0.5) is 0 Å². The molecule has 1 N–H and O–H groups in total. The maximum atomic E-state index is 13.1. The van der Waals surface area contributed by atoms with Crippen LogP contribution in [0.2, 0.25) is 0 Å². The Morgan fingerprint density at radius 2 is 1.68 bits per heavy atom. The van der Waals surface area contributed by atoms with E-state index in [0.717, 1.165) is 42.0 Å². The summed E-state index contributed by atoms with van der Waals surface area (Å²) in [6.45, 7) is 4.80. The first-order valence-corrected chi connectivity index (χ1v) is 8.69. The lowest BCUT2D eigenvalue weighted by atomic mass is 10.1. The van der Waals surface area contributed by atoms with Crippen LogP contribution in [0, 0.1) is 0 Å². The van der Waals surface area contributed by atoms with Gasteiger partial charge in [0.25, 0.3) is 5.56 Å². The van der Waals surface area contributed by atoms with E-state index in [9.17, 15) is 4.79 Å². The fraction of sp³-hybridized carbons (Fsp3) is 0.238. The molecule has 0 radical (unpaired) electrons. The minimum Gasteiger partial charge on any atom is -0.290 e. The van der Waals surface area contributed by atoms with E-state index < -0.39 is 0 Å². The minimum absolute atomic E-state index is 0.0669. The van der Waals surface area contributed by atoms with Gasteiger partial charge in [-0.1, -0.05) is 61.9 Å². The summed E-state index contributed by atoms with van der Waals surface area (Å²) in [5.41, 5.74) is 3.97. The molecular formula is C21H23N3O. The van der Waals surface area contributed by atoms with Crippen LogP contribution in [0.3, 0.4) is 0 Å². The van der Waals surface area contributed by atoms with Crippen LogP contribution in [0.25, 0.3) is 16.9 Å². The Hall–Kier alpha value is -2.88. The fourth-order valence-corrected chi connectivity index (χ4v) is 2.83. The van der Waals surface area contributed by atoms with Crippen molar-refractivity contribution in [1.82, 2.24) is 9.78 Å².